The fraction of sp³-hybridized carbons (Fsp3) is 0.417. The van der Waals surface area contributed by atoms with Crippen molar-refractivity contribution in [3.8, 4) is 0 Å². The van der Waals surface area contributed by atoms with Crippen LogP contribution in [-0.4, -0.2) is 18.9 Å². The van der Waals surface area contributed by atoms with Crippen molar-refractivity contribution in [3.63, 3.8) is 0 Å². The number of Topliss-reactive ketones (excluding diaryl/α,β-unsaturated/α-hetero) is 1. The van der Waals surface area contributed by atoms with Crippen LogP contribution in [0.25, 0.3) is 0 Å². The third kappa shape index (κ3) is 2.07. The maximum atomic E-state index is 13.2. The predicted molar refractivity (Wildman–Crippen MR) is 60.7 cm³/mol. The number of nitrogen functional groups attached to an aromatic ring is 1. The summed E-state index contributed by atoms with van der Waals surface area (Å²) in [5.74, 6) is -0.566. The number of anilines is 1. The van der Waals surface area contributed by atoms with Crippen LogP contribution in [-0.2, 0) is 0 Å². The molecule has 1 aliphatic heterocycles. The monoisotopic (exact) mass is 222 g/mol. The number of hydrogen-bond donors (Lipinski definition) is 2. The largest absolute Gasteiger partial charge is 0.396 e. The van der Waals surface area contributed by atoms with E-state index in [-0.39, 0.29) is 17.4 Å². The normalized spacial score (nSPS) is 17.3. The van der Waals surface area contributed by atoms with Crippen LogP contribution in [0.2, 0.25) is 0 Å². The van der Waals surface area contributed by atoms with E-state index in [1.165, 1.54) is 12.1 Å². The lowest BCUT2D eigenvalue weighted by Crippen LogP contribution is -2.32. The molecular weight excluding hydrogens is 207 g/mol. The van der Waals surface area contributed by atoms with Crippen molar-refractivity contribution >= 4 is 11.5 Å². The summed E-state index contributed by atoms with van der Waals surface area (Å²) in [4.78, 5) is 12.1. The molecule has 0 saturated carbocycles. The lowest BCUT2D eigenvalue weighted by atomic mass is 9.89. The molecule has 1 aliphatic rings. The van der Waals surface area contributed by atoms with Gasteiger partial charge in [0.2, 0.25) is 0 Å². The Balaban J connectivity index is 2.22. The molecule has 1 saturated heterocycles. The number of benzene rings is 1. The number of nitrogens with one attached hydrogen (secondary N) is 1. The van der Waals surface area contributed by atoms with Crippen LogP contribution in [0.3, 0.4) is 0 Å². The zero-order valence-corrected chi connectivity index (χ0v) is 9.00. The molecule has 86 valence electrons. The van der Waals surface area contributed by atoms with Gasteiger partial charge in [0.05, 0.1) is 5.69 Å². The zero-order valence-electron chi connectivity index (χ0n) is 9.00. The second-order valence-corrected chi connectivity index (χ2v) is 4.09. The number of hydrogen-bond acceptors (Lipinski definition) is 3. The molecule has 4 heteroatoms. The average Bonchev–Trinajstić information content (AvgIpc) is 2.33. The van der Waals surface area contributed by atoms with Crippen LogP contribution in [0.4, 0.5) is 10.1 Å². The average molecular weight is 222 g/mol. The lowest BCUT2D eigenvalue weighted by molar-refractivity contribution is 0.0895. The molecule has 0 radical (unpaired) electrons. The van der Waals surface area contributed by atoms with Crippen LogP contribution in [0.15, 0.2) is 18.2 Å². The SMILES string of the molecule is Nc1c(F)cccc1C(=O)C1CCNCC1. The first-order chi connectivity index (χ1) is 7.70. The van der Waals surface area contributed by atoms with Crippen molar-refractivity contribution in [3.05, 3.63) is 29.6 Å². The van der Waals surface area contributed by atoms with Gasteiger partial charge in [0.1, 0.15) is 5.82 Å². The van der Waals surface area contributed by atoms with E-state index < -0.39 is 5.82 Å². The van der Waals surface area contributed by atoms with Crippen LogP contribution in [0.5, 0.6) is 0 Å². The molecule has 0 atom stereocenters. The number of nitrogens with two attached hydrogens (primary N) is 1. The summed E-state index contributed by atoms with van der Waals surface area (Å²) in [5.41, 5.74) is 5.88. The summed E-state index contributed by atoms with van der Waals surface area (Å²) in [6.07, 6.45) is 1.60. The highest BCUT2D eigenvalue weighted by Crippen LogP contribution is 2.23. The molecule has 2 rings (SSSR count). The van der Waals surface area contributed by atoms with E-state index in [1.807, 2.05) is 0 Å². The maximum absolute atomic E-state index is 13.2. The molecule has 0 bridgehead atoms. The standard InChI is InChI=1S/C12H15FN2O/c13-10-3-1-2-9(11(10)14)12(16)8-4-6-15-7-5-8/h1-3,8,15H,4-7,14H2. The van der Waals surface area contributed by atoms with E-state index >= 15 is 0 Å². The first-order valence-corrected chi connectivity index (χ1v) is 5.49. The summed E-state index contributed by atoms with van der Waals surface area (Å²) < 4.78 is 13.2. The second kappa shape index (κ2) is 4.61. The minimum atomic E-state index is -0.514. The number of para-hydroxylation sites is 1. The van der Waals surface area contributed by atoms with Gasteiger partial charge < -0.3 is 11.1 Å². The summed E-state index contributed by atoms with van der Waals surface area (Å²) >= 11 is 0. The van der Waals surface area contributed by atoms with Crippen LogP contribution in [0, 0.1) is 11.7 Å². The summed E-state index contributed by atoms with van der Waals surface area (Å²) in [6.45, 7) is 1.68. The number of rotatable bonds is 2. The van der Waals surface area contributed by atoms with Gasteiger partial charge in [-0.3, -0.25) is 4.79 Å². The topological polar surface area (TPSA) is 55.1 Å². The minimum absolute atomic E-state index is 0.0222. The van der Waals surface area contributed by atoms with Gasteiger partial charge >= 0.3 is 0 Å². The Bertz CT molecular complexity index is 400. The van der Waals surface area contributed by atoms with E-state index in [1.54, 1.807) is 6.07 Å². The highest BCUT2D eigenvalue weighted by Gasteiger charge is 2.24. The molecule has 1 aromatic carbocycles. The third-order valence-corrected chi connectivity index (χ3v) is 3.03. The molecule has 0 aliphatic carbocycles. The van der Waals surface area contributed by atoms with Crippen LogP contribution >= 0.6 is 0 Å². The Kier molecular flexibility index (Phi) is 3.19. The van der Waals surface area contributed by atoms with Gasteiger partial charge in [-0.1, -0.05) is 6.07 Å². The molecular formula is C12H15FN2O. The van der Waals surface area contributed by atoms with Gasteiger partial charge in [0, 0.05) is 11.5 Å². The lowest BCUT2D eigenvalue weighted by Gasteiger charge is -2.21. The third-order valence-electron chi connectivity index (χ3n) is 3.03. The Morgan fingerprint density at radius 1 is 1.38 bits per heavy atom. The smallest absolute Gasteiger partial charge is 0.168 e. The van der Waals surface area contributed by atoms with Gasteiger partial charge in [-0.15, -0.1) is 0 Å². The fourth-order valence-corrected chi connectivity index (χ4v) is 2.06. The minimum Gasteiger partial charge on any atom is -0.396 e. The highest BCUT2D eigenvalue weighted by atomic mass is 19.1. The van der Waals surface area contributed by atoms with Crippen molar-refractivity contribution in [2.24, 2.45) is 5.92 Å². The summed E-state index contributed by atoms with van der Waals surface area (Å²) in [5, 5.41) is 3.19. The molecule has 0 aromatic heterocycles. The molecule has 1 fully saturated rings. The first kappa shape index (κ1) is 11.1. The quantitative estimate of drug-likeness (QED) is 0.590. The Hall–Kier alpha value is -1.42. The number of piperidine rings is 1. The number of ketones is 1. The Labute approximate surface area is 93.8 Å². The van der Waals surface area contributed by atoms with E-state index in [0.29, 0.717) is 5.56 Å². The molecule has 1 aromatic rings. The van der Waals surface area contributed by atoms with Crippen molar-refractivity contribution in [1.29, 1.82) is 0 Å². The molecule has 0 unspecified atom stereocenters. The van der Waals surface area contributed by atoms with Crippen molar-refractivity contribution < 1.29 is 9.18 Å². The zero-order chi connectivity index (χ0) is 11.5. The van der Waals surface area contributed by atoms with Gasteiger partial charge in [-0.2, -0.15) is 0 Å². The van der Waals surface area contributed by atoms with E-state index in [9.17, 15) is 9.18 Å². The molecule has 3 nitrogen and oxygen atoms in total. The molecule has 16 heavy (non-hydrogen) atoms. The van der Waals surface area contributed by atoms with Crippen molar-refractivity contribution in [2.45, 2.75) is 12.8 Å². The van der Waals surface area contributed by atoms with Gasteiger partial charge in [0.25, 0.3) is 0 Å². The fourth-order valence-electron chi connectivity index (χ4n) is 2.06. The maximum Gasteiger partial charge on any atom is 0.168 e. The molecule has 3 N–H and O–H groups in total. The highest BCUT2D eigenvalue weighted by molar-refractivity contribution is 6.02. The summed E-state index contributed by atoms with van der Waals surface area (Å²) in [7, 11) is 0. The first-order valence-electron chi connectivity index (χ1n) is 5.49. The van der Waals surface area contributed by atoms with Gasteiger partial charge in [-0.25, -0.2) is 4.39 Å². The molecule has 0 spiro atoms. The Morgan fingerprint density at radius 3 is 2.75 bits per heavy atom. The van der Waals surface area contributed by atoms with Crippen LogP contribution in [0.1, 0.15) is 23.2 Å². The van der Waals surface area contributed by atoms with Crippen molar-refractivity contribution in [1.82, 2.24) is 5.32 Å². The second-order valence-electron chi connectivity index (χ2n) is 4.09. The number of halogens is 1. The van der Waals surface area contributed by atoms with Crippen molar-refractivity contribution in [2.75, 3.05) is 18.8 Å². The summed E-state index contributed by atoms with van der Waals surface area (Å²) in [6, 6.07) is 4.40. The predicted octanol–water partition coefficient (Wildman–Crippen LogP) is 1.59. The van der Waals surface area contributed by atoms with E-state index in [2.05, 4.69) is 5.32 Å². The van der Waals surface area contributed by atoms with Crippen LogP contribution < -0.4 is 11.1 Å². The van der Waals surface area contributed by atoms with E-state index in [4.69, 9.17) is 5.73 Å². The molecule has 0 amide bonds. The van der Waals surface area contributed by atoms with Gasteiger partial charge in [-0.05, 0) is 38.1 Å². The Morgan fingerprint density at radius 2 is 2.06 bits per heavy atom. The number of carbonyl (C=O) groups excluding carboxylic acids is 1. The number of carbonyl (C=O) groups is 1. The van der Waals surface area contributed by atoms with E-state index in [0.717, 1.165) is 25.9 Å². The van der Waals surface area contributed by atoms with Gasteiger partial charge in [0.15, 0.2) is 5.78 Å². The molecule has 1 heterocycles.